The van der Waals surface area contributed by atoms with E-state index in [1.807, 2.05) is 70.5 Å². The topological polar surface area (TPSA) is 72.1 Å². The maximum Gasteiger partial charge on any atom is 0.258 e. The number of halogens is 1. The fourth-order valence-corrected chi connectivity index (χ4v) is 5.26. The molecule has 9 heteroatoms. The molecule has 0 spiro atoms. The molecule has 2 aliphatic rings. The smallest absolute Gasteiger partial charge is 0.258 e. The van der Waals surface area contributed by atoms with Gasteiger partial charge in [0, 0.05) is 23.7 Å². The Morgan fingerprint density at radius 2 is 1.70 bits per heavy atom. The third kappa shape index (κ3) is 4.53. The number of hydrogen-bond acceptors (Lipinski definition) is 6. The molecule has 3 aromatic carbocycles. The first-order valence-electron chi connectivity index (χ1n) is 11.8. The zero-order valence-corrected chi connectivity index (χ0v) is 20.7. The van der Waals surface area contributed by atoms with Crippen LogP contribution in [0.5, 0.6) is 5.75 Å². The molecule has 2 aliphatic heterocycles. The maximum atomic E-state index is 13.8. The summed E-state index contributed by atoms with van der Waals surface area (Å²) >= 11 is 1.38. The van der Waals surface area contributed by atoms with Crippen molar-refractivity contribution in [1.29, 1.82) is 0 Å². The minimum atomic E-state index is -0.310. The lowest BCUT2D eigenvalue weighted by Crippen LogP contribution is -2.24. The first kappa shape index (κ1) is 23.2. The van der Waals surface area contributed by atoms with Gasteiger partial charge in [0.15, 0.2) is 5.17 Å². The van der Waals surface area contributed by atoms with Crippen LogP contribution < -0.4 is 4.74 Å². The molecule has 4 aromatic rings. The molecule has 6 rings (SSSR count). The zero-order valence-electron chi connectivity index (χ0n) is 19.9. The highest BCUT2D eigenvalue weighted by atomic mass is 32.2. The minimum Gasteiger partial charge on any atom is -0.497 e. The van der Waals surface area contributed by atoms with Gasteiger partial charge in [-0.3, -0.25) is 4.79 Å². The number of aromatic nitrogens is 2. The van der Waals surface area contributed by atoms with E-state index < -0.39 is 0 Å². The van der Waals surface area contributed by atoms with Crippen LogP contribution in [0, 0.1) is 5.82 Å². The largest absolute Gasteiger partial charge is 0.497 e. The summed E-state index contributed by atoms with van der Waals surface area (Å²) in [4.78, 5) is 16.3. The highest BCUT2D eigenvalue weighted by molar-refractivity contribution is 8.14. The summed E-state index contributed by atoms with van der Waals surface area (Å²) in [5.41, 5.74) is 5.15. The molecule has 3 heterocycles. The molecule has 0 bridgehead atoms. The lowest BCUT2D eigenvalue weighted by atomic mass is 9.96. The molecule has 1 amide bonds. The van der Waals surface area contributed by atoms with Crippen molar-refractivity contribution in [3.8, 4) is 22.7 Å². The van der Waals surface area contributed by atoms with E-state index in [1.165, 1.54) is 23.9 Å². The number of hydrogen-bond donors (Lipinski definition) is 0. The Balaban J connectivity index is 1.46. The highest BCUT2D eigenvalue weighted by Crippen LogP contribution is 2.40. The number of thioether (sulfide) groups is 1. The number of amides is 1. The number of benzene rings is 3. The van der Waals surface area contributed by atoms with Gasteiger partial charge in [-0.25, -0.2) is 14.1 Å². The lowest BCUT2D eigenvalue weighted by Gasteiger charge is -2.22. The van der Waals surface area contributed by atoms with Crippen LogP contribution in [0.1, 0.15) is 23.6 Å². The SMILES string of the molecule is COc1ccc(C2=NN(C3=NC(=O)CS3)C(c3cn(-c4ccccc4)nc3-c3ccc(F)cc3)C2)cc1. The van der Waals surface area contributed by atoms with Crippen LogP contribution in [0.25, 0.3) is 16.9 Å². The fourth-order valence-electron chi connectivity index (χ4n) is 4.48. The van der Waals surface area contributed by atoms with Gasteiger partial charge in [0.1, 0.15) is 11.6 Å². The van der Waals surface area contributed by atoms with E-state index in [1.54, 1.807) is 19.2 Å². The molecule has 0 saturated carbocycles. The Bertz CT molecular complexity index is 1510. The number of carbonyl (C=O) groups is 1. The van der Waals surface area contributed by atoms with Gasteiger partial charge in [0.2, 0.25) is 0 Å². The van der Waals surface area contributed by atoms with Crippen LogP contribution in [0.3, 0.4) is 0 Å². The number of ether oxygens (including phenoxy) is 1. The predicted molar refractivity (Wildman–Crippen MR) is 143 cm³/mol. The van der Waals surface area contributed by atoms with Crippen molar-refractivity contribution in [2.45, 2.75) is 12.5 Å². The number of aliphatic imine (C=N–C) groups is 1. The van der Waals surface area contributed by atoms with Gasteiger partial charge in [-0.1, -0.05) is 30.0 Å². The second-order valence-electron chi connectivity index (χ2n) is 8.64. The quantitative estimate of drug-likeness (QED) is 0.356. The van der Waals surface area contributed by atoms with E-state index >= 15 is 0 Å². The molecule has 1 aromatic heterocycles. The van der Waals surface area contributed by atoms with Gasteiger partial charge < -0.3 is 4.74 Å². The van der Waals surface area contributed by atoms with Crippen molar-refractivity contribution in [2.75, 3.05) is 12.9 Å². The average molecular weight is 512 g/mol. The fraction of sp³-hybridized carbons (Fsp3) is 0.143. The minimum absolute atomic E-state index is 0.175. The summed E-state index contributed by atoms with van der Waals surface area (Å²) < 4.78 is 20.9. The number of nitrogens with zero attached hydrogens (tertiary/aromatic N) is 5. The van der Waals surface area contributed by atoms with Gasteiger partial charge >= 0.3 is 0 Å². The van der Waals surface area contributed by atoms with Crippen LogP contribution in [0.2, 0.25) is 0 Å². The summed E-state index contributed by atoms with van der Waals surface area (Å²) in [6.07, 6.45) is 2.56. The monoisotopic (exact) mass is 511 g/mol. The number of para-hydroxylation sites is 1. The number of methoxy groups -OCH3 is 1. The summed E-state index contributed by atoms with van der Waals surface area (Å²) in [6, 6.07) is 23.6. The summed E-state index contributed by atoms with van der Waals surface area (Å²) in [6.45, 7) is 0. The van der Waals surface area contributed by atoms with Crippen molar-refractivity contribution >= 4 is 28.5 Å². The molecule has 0 N–H and O–H groups in total. The molecule has 0 saturated heterocycles. The van der Waals surface area contributed by atoms with Gasteiger partial charge in [0.05, 0.1) is 36.0 Å². The standard InChI is InChI=1S/C28H22FN5O2S/c1-36-22-13-9-18(10-14-22)24-15-25(34(31-24)28-30-26(35)17-37-28)23-16-33(21-5-3-2-4-6-21)32-27(23)19-7-11-20(29)12-8-19/h2-14,16,25H,15,17H2,1H3. The summed E-state index contributed by atoms with van der Waals surface area (Å²) in [7, 11) is 1.63. The van der Waals surface area contributed by atoms with Gasteiger partial charge in [-0.15, -0.1) is 0 Å². The zero-order chi connectivity index (χ0) is 25.4. The van der Waals surface area contributed by atoms with Crippen molar-refractivity contribution in [3.63, 3.8) is 0 Å². The molecular formula is C28H22FN5O2S. The molecule has 7 nitrogen and oxygen atoms in total. The van der Waals surface area contributed by atoms with Crippen molar-refractivity contribution in [2.24, 2.45) is 10.1 Å². The van der Waals surface area contributed by atoms with Crippen LogP contribution in [-0.2, 0) is 4.79 Å². The van der Waals surface area contributed by atoms with Crippen LogP contribution in [0.15, 0.2) is 95.2 Å². The van der Waals surface area contributed by atoms with Crippen molar-refractivity contribution in [1.82, 2.24) is 14.8 Å². The predicted octanol–water partition coefficient (Wildman–Crippen LogP) is 5.47. The first-order chi connectivity index (χ1) is 18.1. The molecule has 37 heavy (non-hydrogen) atoms. The molecule has 0 radical (unpaired) electrons. The maximum absolute atomic E-state index is 13.8. The molecule has 184 valence electrons. The lowest BCUT2D eigenvalue weighted by molar-refractivity contribution is -0.115. The Hall–Kier alpha value is -4.24. The van der Waals surface area contributed by atoms with Crippen LogP contribution >= 0.6 is 11.8 Å². The highest BCUT2D eigenvalue weighted by Gasteiger charge is 2.37. The van der Waals surface area contributed by atoms with E-state index in [-0.39, 0.29) is 17.8 Å². The number of rotatable bonds is 5. The van der Waals surface area contributed by atoms with Crippen LogP contribution in [0.4, 0.5) is 4.39 Å². The van der Waals surface area contributed by atoms with Crippen molar-refractivity contribution < 1.29 is 13.9 Å². The molecule has 0 aliphatic carbocycles. The molecule has 1 atom stereocenters. The van der Waals surface area contributed by atoms with E-state index in [9.17, 15) is 9.18 Å². The summed E-state index contributed by atoms with van der Waals surface area (Å²) in [5, 5.41) is 12.2. The molecular weight excluding hydrogens is 489 g/mol. The third-order valence-corrected chi connectivity index (χ3v) is 7.24. The average Bonchev–Trinajstić information content (AvgIpc) is 3.68. The Kier molecular flexibility index (Phi) is 6.05. The van der Waals surface area contributed by atoms with E-state index in [4.69, 9.17) is 14.9 Å². The second-order valence-corrected chi connectivity index (χ2v) is 9.58. The van der Waals surface area contributed by atoms with E-state index in [2.05, 4.69) is 4.99 Å². The van der Waals surface area contributed by atoms with Crippen molar-refractivity contribution in [3.05, 3.63) is 102 Å². The second kappa shape index (κ2) is 9.67. The van der Waals surface area contributed by atoms with Crippen LogP contribution in [-0.4, -0.2) is 44.4 Å². The van der Waals surface area contributed by atoms with E-state index in [0.717, 1.165) is 39.5 Å². The Morgan fingerprint density at radius 3 is 2.38 bits per heavy atom. The Labute approximate surface area is 217 Å². The number of carbonyl (C=O) groups excluding carboxylic acids is 1. The first-order valence-corrected chi connectivity index (χ1v) is 12.7. The number of amidine groups is 1. The Morgan fingerprint density at radius 1 is 0.973 bits per heavy atom. The van der Waals surface area contributed by atoms with Gasteiger partial charge in [-0.2, -0.15) is 15.2 Å². The number of hydrazone groups is 1. The van der Waals surface area contributed by atoms with Gasteiger partial charge in [-0.05, 0) is 66.2 Å². The summed E-state index contributed by atoms with van der Waals surface area (Å²) in [5.74, 6) is 0.570. The van der Waals surface area contributed by atoms with Gasteiger partial charge in [0.25, 0.3) is 5.91 Å². The van der Waals surface area contributed by atoms with E-state index in [0.29, 0.717) is 17.3 Å². The molecule has 0 fully saturated rings. The normalized spacial score (nSPS) is 17.2. The molecule has 1 unspecified atom stereocenters. The third-order valence-electron chi connectivity index (χ3n) is 6.31.